The number of pyridine rings is 1. The van der Waals surface area contributed by atoms with Crippen LogP contribution in [0.4, 0.5) is 0 Å². The standard InChI is InChI=1S/C15H15NO4/c1-19-15-9-12(2-3-13(15)18)14(20-10-17)8-11-4-6-16-7-5-11/h2-7,9-10,14,18H,8H2,1H3/t14-/m1/s1. The van der Waals surface area contributed by atoms with Crippen LogP contribution in [0.25, 0.3) is 0 Å². The highest BCUT2D eigenvalue weighted by Crippen LogP contribution is 2.31. The van der Waals surface area contributed by atoms with Crippen molar-refractivity contribution < 1.29 is 19.4 Å². The lowest BCUT2D eigenvalue weighted by Gasteiger charge is -2.16. The molecule has 2 aromatic rings. The minimum atomic E-state index is -0.440. The van der Waals surface area contributed by atoms with Gasteiger partial charge >= 0.3 is 0 Å². The van der Waals surface area contributed by atoms with Crippen molar-refractivity contribution in [2.75, 3.05) is 7.11 Å². The molecular weight excluding hydrogens is 258 g/mol. The van der Waals surface area contributed by atoms with E-state index in [1.54, 1.807) is 24.5 Å². The average molecular weight is 273 g/mol. The number of carbonyl (C=O) groups is 1. The SMILES string of the molecule is COc1cc([C@@H](Cc2ccncc2)OC=O)ccc1O. The molecule has 0 radical (unpaired) electrons. The minimum absolute atomic E-state index is 0.0463. The number of carbonyl (C=O) groups excluding carboxylic acids is 1. The van der Waals surface area contributed by atoms with E-state index in [9.17, 15) is 9.90 Å². The first-order chi connectivity index (χ1) is 9.74. The summed E-state index contributed by atoms with van der Waals surface area (Å²) in [5, 5.41) is 9.59. The summed E-state index contributed by atoms with van der Waals surface area (Å²) in [4.78, 5) is 14.6. The molecule has 0 aliphatic heterocycles. The summed E-state index contributed by atoms with van der Waals surface area (Å²) in [5.74, 6) is 0.391. The van der Waals surface area contributed by atoms with Crippen LogP contribution in [-0.2, 0) is 16.0 Å². The third-order valence-electron chi connectivity index (χ3n) is 2.97. The van der Waals surface area contributed by atoms with Crippen LogP contribution in [0, 0.1) is 0 Å². The van der Waals surface area contributed by atoms with E-state index in [0.717, 1.165) is 11.1 Å². The van der Waals surface area contributed by atoms with Gasteiger partial charge in [0.25, 0.3) is 6.47 Å². The van der Waals surface area contributed by atoms with Gasteiger partial charge in [0, 0.05) is 18.8 Å². The van der Waals surface area contributed by atoms with Gasteiger partial charge in [0.1, 0.15) is 6.10 Å². The normalized spacial score (nSPS) is 11.7. The van der Waals surface area contributed by atoms with E-state index in [1.807, 2.05) is 12.1 Å². The summed E-state index contributed by atoms with van der Waals surface area (Å²) in [6, 6.07) is 8.59. The zero-order valence-corrected chi connectivity index (χ0v) is 11.0. The molecule has 20 heavy (non-hydrogen) atoms. The molecule has 0 fully saturated rings. The number of methoxy groups -OCH3 is 1. The van der Waals surface area contributed by atoms with Gasteiger partial charge in [-0.05, 0) is 35.4 Å². The zero-order valence-electron chi connectivity index (χ0n) is 11.0. The third-order valence-corrected chi connectivity index (χ3v) is 2.97. The molecule has 1 heterocycles. The molecule has 1 atom stereocenters. The highest BCUT2D eigenvalue weighted by molar-refractivity contribution is 5.44. The Kier molecular flexibility index (Phi) is 4.55. The molecule has 5 heteroatoms. The fourth-order valence-electron chi connectivity index (χ4n) is 1.94. The van der Waals surface area contributed by atoms with Gasteiger partial charge in [-0.15, -0.1) is 0 Å². The van der Waals surface area contributed by atoms with Gasteiger partial charge in [-0.1, -0.05) is 6.07 Å². The Bertz CT molecular complexity index is 571. The Morgan fingerprint density at radius 2 is 2.05 bits per heavy atom. The van der Waals surface area contributed by atoms with Gasteiger partial charge in [-0.2, -0.15) is 0 Å². The molecule has 0 amide bonds. The van der Waals surface area contributed by atoms with Gasteiger partial charge in [0.2, 0.25) is 0 Å². The maximum absolute atomic E-state index is 10.7. The van der Waals surface area contributed by atoms with Gasteiger partial charge in [0.15, 0.2) is 11.5 Å². The summed E-state index contributed by atoms with van der Waals surface area (Å²) in [5.41, 5.74) is 1.75. The number of aromatic nitrogens is 1. The molecule has 1 aromatic heterocycles. The lowest BCUT2D eigenvalue weighted by molar-refractivity contribution is -0.133. The summed E-state index contributed by atoms with van der Waals surface area (Å²) >= 11 is 0. The van der Waals surface area contributed by atoms with Crippen molar-refractivity contribution in [3.05, 3.63) is 53.9 Å². The predicted molar refractivity (Wildman–Crippen MR) is 72.5 cm³/mol. The van der Waals surface area contributed by atoms with Gasteiger partial charge in [0.05, 0.1) is 7.11 Å². The van der Waals surface area contributed by atoms with Crippen molar-refractivity contribution in [1.29, 1.82) is 0 Å². The Hall–Kier alpha value is -2.56. The Morgan fingerprint density at radius 3 is 2.70 bits per heavy atom. The topological polar surface area (TPSA) is 68.7 Å². The molecule has 0 aliphatic rings. The fourth-order valence-corrected chi connectivity index (χ4v) is 1.94. The number of benzene rings is 1. The lowest BCUT2D eigenvalue weighted by Crippen LogP contribution is -2.07. The first-order valence-electron chi connectivity index (χ1n) is 6.09. The van der Waals surface area contributed by atoms with Crippen LogP contribution in [0.15, 0.2) is 42.7 Å². The predicted octanol–water partition coefficient (Wildman–Crippen LogP) is 2.25. The number of hydrogen-bond acceptors (Lipinski definition) is 5. The maximum Gasteiger partial charge on any atom is 0.293 e. The lowest BCUT2D eigenvalue weighted by atomic mass is 10.0. The molecule has 1 aromatic carbocycles. The average Bonchev–Trinajstić information content (AvgIpc) is 2.48. The molecule has 0 unspecified atom stereocenters. The Balaban J connectivity index is 2.26. The van der Waals surface area contributed by atoms with Crippen molar-refractivity contribution >= 4 is 6.47 Å². The van der Waals surface area contributed by atoms with Crippen LogP contribution in [0.5, 0.6) is 11.5 Å². The van der Waals surface area contributed by atoms with Crippen molar-refractivity contribution in [2.24, 2.45) is 0 Å². The van der Waals surface area contributed by atoms with E-state index >= 15 is 0 Å². The number of phenols is 1. The molecule has 2 rings (SSSR count). The van der Waals surface area contributed by atoms with E-state index in [4.69, 9.17) is 9.47 Å². The third kappa shape index (κ3) is 3.26. The molecule has 104 valence electrons. The van der Waals surface area contributed by atoms with Crippen LogP contribution in [0.3, 0.4) is 0 Å². The van der Waals surface area contributed by atoms with Gasteiger partial charge in [-0.25, -0.2) is 0 Å². The molecule has 0 spiro atoms. The molecule has 0 aliphatic carbocycles. The largest absolute Gasteiger partial charge is 0.504 e. The summed E-state index contributed by atoms with van der Waals surface area (Å²) in [6.07, 6.45) is 3.45. The van der Waals surface area contributed by atoms with Crippen LogP contribution in [-0.4, -0.2) is 23.7 Å². The van der Waals surface area contributed by atoms with E-state index in [2.05, 4.69) is 4.98 Å². The van der Waals surface area contributed by atoms with Crippen molar-refractivity contribution in [1.82, 2.24) is 4.98 Å². The second kappa shape index (κ2) is 6.56. The van der Waals surface area contributed by atoms with Gasteiger partial charge in [-0.3, -0.25) is 9.78 Å². The number of nitrogens with zero attached hydrogens (tertiary/aromatic N) is 1. The van der Waals surface area contributed by atoms with Gasteiger partial charge < -0.3 is 14.6 Å². The van der Waals surface area contributed by atoms with E-state index in [0.29, 0.717) is 18.6 Å². The summed E-state index contributed by atoms with van der Waals surface area (Å²) < 4.78 is 10.2. The number of rotatable bonds is 6. The summed E-state index contributed by atoms with van der Waals surface area (Å²) in [6.45, 7) is 0.422. The monoisotopic (exact) mass is 273 g/mol. The smallest absolute Gasteiger partial charge is 0.293 e. The molecule has 5 nitrogen and oxygen atoms in total. The van der Waals surface area contributed by atoms with Crippen molar-refractivity contribution in [2.45, 2.75) is 12.5 Å². The number of hydrogen-bond donors (Lipinski definition) is 1. The van der Waals surface area contributed by atoms with Crippen LogP contribution in [0.2, 0.25) is 0 Å². The molecule has 0 saturated heterocycles. The minimum Gasteiger partial charge on any atom is -0.504 e. The van der Waals surface area contributed by atoms with Crippen LogP contribution >= 0.6 is 0 Å². The second-order valence-electron chi connectivity index (χ2n) is 4.21. The highest BCUT2D eigenvalue weighted by Gasteiger charge is 2.15. The van der Waals surface area contributed by atoms with Crippen molar-refractivity contribution in [3.63, 3.8) is 0 Å². The Labute approximate surface area is 116 Å². The van der Waals surface area contributed by atoms with E-state index in [-0.39, 0.29) is 5.75 Å². The van der Waals surface area contributed by atoms with Crippen LogP contribution in [0.1, 0.15) is 17.2 Å². The molecular formula is C15H15NO4. The summed E-state index contributed by atoms with van der Waals surface area (Å²) in [7, 11) is 1.47. The van der Waals surface area contributed by atoms with E-state index in [1.165, 1.54) is 13.2 Å². The number of aromatic hydroxyl groups is 1. The first-order valence-corrected chi connectivity index (χ1v) is 6.09. The first kappa shape index (κ1) is 13.9. The quantitative estimate of drug-likeness (QED) is 0.817. The maximum atomic E-state index is 10.7. The van der Waals surface area contributed by atoms with Crippen LogP contribution < -0.4 is 4.74 Å². The number of ether oxygens (including phenoxy) is 2. The zero-order chi connectivity index (χ0) is 14.4. The highest BCUT2D eigenvalue weighted by atomic mass is 16.5. The number of phenolic OH excluding ortho intramolecular Hbond substituents is 1. The second-order valence-corrected chi connectivity index (χ2v) is 4.21. The fraction of sp³-hybridized carbons (Fsp3) is 0.200. The Morgan fingerprint density at radius 1 is 1.30 bits per heavy atom. The molecule has 0 bridgehead atoms. The molecule has 0 saturated carbocycles. The molecule has 1 N–H and O–H groups in total. The van der Waals surface area contributed by atoms with Crippen molar-refractivity contribution in [3.8, 4) is 11.5 Å². The van der Waals surface area contributed by atoms with E-state index < -0.39 is 6.10 Å².